The van der Waals surface area contributed by atoms with Gasteiger partial charge >= 0.3 is 0 Å². The highest BCUT2D eigenvalue weighted by molar-refractivity contribution is 5.85. The Morgan fingerprint density at radius 1 is 1.12 bits per heavy atom. The Morgan fingerprint density at radius 2 is 1.83 bits per heavy atom. The third kappa shape index (κ3) is 4.63. The van der Waals surface area contributed by atoms with Crippen LogP contribution in [0.1, 0.15) is 37.8 Å². The molecule has 2 N–H and O–H groups in total. The Balaban J connectivity index is 0.00000144. The Bertz CT molecular complexity index is 514. The van der Waals surface area contributed by atoms with E-state index in [1.807, 2.05) is 42.2 Å². The molecule has 0 spiro atoms. The number of hydrogen-bond acceptors (Lipinski definition) is 3. The number of nitrogens with two attached hydrogens (primary N) is 1. The van der Waals surface area contributed by atoms with Crippen LogP contribution in [0.15, 0.2) is 30.3 Å². The molecule has 2 aliphatic rings. The fourth-order valence-electron chi connectivity index (χ4n) is 3.76. The van der Waals surface area contributed by atoms with E-state index < -0.39 is 0 Å². The summed E-state index contributed by atoms with van der Waals surface area (Å²) >= 11 is 0. The number of carbonyl (C=O) groups is 1. The van der Waals surface area contributed by atoms with Gasteiger partial charge in [-0.15, -0.1) is 24.8 Å². The molecule has 2 fully saturated rings. The summed E-state index contributed by atoms with van der Waals surface area (Å²) in [6.45, 7) is 5.91. The standard InChI is InChI=1S/C18H27N3O.2ClH/c1-14(17(19)15-7-3-2-4-8-15)18(22)21-12-11-20-10-6-5-9-16(20)13-21;;/h2-4,7-8,14,16-17H,5-6,9-13,19H2,1H3;2*1H. The van der Waals surface area contributed by atoms with Crippen molar-refractivity contribution in [3.8, 4) is 0 Å². The zero-order chi connectivity index (χ0) is 15.5. The number of halogens is 2. The summed E-state index contributed by atoms with van der Waals surface area (Å²) in [7, 11) is 0. The van der Waals surface area contributed by atoms with E-state index >= 15 is 0 Å². The predicted molar refractivity (Wildman–Crippen MR) is 103 cm³/mol. The molecular weight excluding hydrogens is 345 g/mol. The van der Waals surface area contributed by atoms with Gasteiger partial charge in [0.1, 0.15) is 0 Å². The highest BCUT2D eigenvalue weighted by Gasteiger charge is 2.34. The molecule has 2 saturated heterocycles. The van der Waals surface area contributed by atoms with Crippen LogP contribution in [0, 0.1) is 5.92 Å². The zero-order valence-electron chi connectivity index (χ0n) is 14.3. The van der Waals surface area contributed by atoms with Crippen LogP contribution in [0.4, 0.5) is 0 Å². The monoisotopic (exact) mass is 373 g/mol. The third-order valence-electron chi connectivity index (χ3n) is 5.26. The fraction of sp³-hybridized carbons (Fsp3) is 0.611. The highest BCUT2D eigenvalue weighted by atomic mass is 35.5. The Morgan fingerprint density at radius 3 is 2.54 bits per heavy atom. The van der Waals surface area contributed by atoms with Gasteiger partial charge in [0.05, 0.1) is 5.92 Å². The van der Waals surface area contributed by atoms with Crippen molar-refractivity contribution in [1.29, 1.82) is 0 Å². The van der Waals surface area contributed by atoms with Gasteiger partial charge in [0.2, 0.25) is 5.91 Å². The largest absolute Gasteiger partial charge is 0.340 e. The van der Waals surface area contributed by atoms with Crippen molar-refractivity contribution in [1.82, 2.24) is 9.80 Å². The number of piperazine rings is 1. The molecule has 6 heteroatoms. The summed E-state index contributed by atoms with van der Waals surface area (Å²) < 4.78 is 0. The second-order valence-electron chi connectivity index (χ2n) is 6.69. The topological polar surface area (TPSA) is 49.6 Å². The fourth-order valence-corrected chi connectivity index (χ4v) is 3.76. The molecule has 4 nitrogen and oxygen atoms in total. The minimum atomic E-state index is -0.224. The number of piperidine rings is 1. The van der Waals surface area contributed by atoms with Crippen LogP contribution in [0.25, 0.3) is 0 Å². The van der Waals surface area contributed by atoms with Crippen LogP contribution in [0.3, 0.4) is 0 Å². The molecule has 1 aromatic rings. The van der Waals surface area contributed by atoms with Gasteiger partial charge in [-0.25, -0.2) is 0 Å². The van der Waals surface area contributed by atoms with Gasteiger partial charge < -0.3 is 10.6 Å². The van der Waals surface area contributed by atoms with Crippen LogP contribution in [0.5, 0.6) is 0 Å². The molecule has 136 valence electrons. The molecular formula is C18H29Cl2N3O. The Kier molecular flexibility index (Phi) is 8.51. The van der Waals surface area contributed by atoms with Crippen molar-refractivity contribution >= 4 is 30.7 Å². The normalized spacial score (nSPS) is 23.2. The molecule has 3 unspecified atom stereocenters. The molecule has 1 aromatic carbocycles. The summed E-state index contributed by atoms with van der Waals surface area (Å²) in [4.78, 5) is 17.4. The number of amides is 1. The predicted octanol–water partition coefficient (Wildman–Crippen LogP) is 2.86. The van der Waals surface area contributed by atoms with E-state index in [4.69, 9.17) is 5.73 Å². The van der Waals surface area contributed by atoms with E-state index in [-0.39, 0.29) is 42.7 Å². The second kappa shape index (κ2) is 9.62. The smallest absolute Gasteiger partial charge is 0.227 e. The minimum absolute atomic E-state index is 0. The van der Waals surface area contributed by atoms with E-state index in [9.17, 15) is 4.79 Å². The molecule has 24 heavy (non-hydrogen) atoms. The lowest BCUT2D eigenvalue weighted by Crippen LogP contribution is -2.57. The van der Waals surface area contributed by atoms with E-state index in [0.717, 1.165) is 25.2 Å². The first kappa shape index (κ1) is 21.2. The van der Waals surface area contributed by atoms with Crippen LogP contribution >= 0.6 is 24.8 Å². The number of carbonyl (C=O) groups excluding carboxylic acids is 1. The number of rotatable bonds is 3. The van der Waals surface area contributed by atoms with Crippen molar-refractivity contribution in [3.05, 3.63) is 35.9 Å². The second-order valence-corrected chi connectivity index (χ2v) is 6.69. The molecule has 0 aliphatic carbocycles. The number of hydrogen-bond donors (Lipinski definition) is 1. The number of fused-ring (bicyclic) bond motifs is 1. The third-order valence-corrected chi connectivity index (χ3v) is 5.26. The molecule has 2 heterocycles. The summed E-state index contributed by atoms with van der Waals surface area (Å²) in [6, 6.07) is 10.3. The van der Waals surface area contributed by atoms with Crippen molar-refractivity contribution < 1.29 is 4.79 Å². The van der Waals surface area contributed by atoms with Gasteiger partial charge in [-0.05, 0) is 24.9 Å². The van der Waals surface area contributed by atoms with E-state index in [2.05, 4.69) is 4.90 Å². The van der Waals surface area contributed by atoms with Gasteiger partial charge in [-0.3, -0.25) is 9.69 Å². The quantitative estimate of drug-likeness (QED) is 0.885. The zero-order valence-corrected chi connectivity index (χ0v) is 15.9. The van der Waals surface area contributed by atoms with Gasteiger partial charge in [-0.1, -0.05) is 43.7 Å². The van der Waals surface area contributed by atoms with E-state index in [1.54, 1.807) is 0 Å². The average molecular weight is 374 g/mol. The maximum atomic E-state index is 12.8. The van der Waals surface area contributed by atoms with Crippen LogP contribution in [0.2, 0.25) is 0 Å². The molecule has 2 aliphatic heterocycles. The summed E-state index contributed by atoms with van der Waals surface area (Å²) in [6.07, 6.45) is 3.82. The first-order valence-electron chi connectivity index (χ1n) is 8.50. The molecule has 3 rings (SSSR count). The molecule has 3 atom stereocenters. The lowest BCUT2D eigenvalue weighted by Gasteiger charge is -2.44. The molecule has 0 saturated carbocycles. The summed E-state index contributed by atoms with van der Waals surface area (Å²) in [5, 5.41) is 0. The number of benzene rings is 1. The van der Waals surface area contributed by atoms with Gasteiger partial charge in [-0.2, -0.15) is 0 Å². The minimum Gasteiger partial charge on any atom is -0.340 e. The maximum absolute atomic E-state index is 12.8. The summed E-state index contributed by atoms with van der Waals surface area (Å²) in [5.41, 5.74) is 7.36. The van der Waals surface area contributed by atoms with Crippen LogP contribution < -0.4 is 5.73 Å². The lowest BCUT2D eigenvalue weighted by molar-refractivity contribution is -0.139. The van der Waals surface area contributed by atoms with Gasteiger partial charge in [0.25, 0.3) is 0 Å². The van der Waals surface area contributed by atoms with Crippen LogP contribution in [-0.2, 0) is 4.79 Å². The molecule has 0 aromatic heterocycles. The SMILES string of the molecule is CC(C(=O)N1CCN2CCCCC2C1)C(N)c1ccccc1.Cl.Cl. The van der Waals surface area contributed by atoms with Crippen molar-refractivity contribution in [2.24, 2.45) is 11.7 Å². The molecule has 0 bridgehead atoms. The number of nitrogens with zero attached hydrogens (tertiary/aromatic N) is 2. The summed E-state index contributed by atoms with van der Waals surface area (Å²) in [5.74, 6) is 0.0408. The first-order valence-corrected chi connectivity index (χ1v) is 8.50. The lowest BCUT2D eigenvalue weighted by atomic mass is 9.93. The Hall–Kier alpha value is -0.810. The van der Waals surface area contributed by atoms with Gasteiger partial charge in [0.15, 0.2) is 0 Å². The molecule has 0 radical (unpaired) electrons. The molecule has 1 amide bonds. The Labute approximate surface area is 157 Å². The maximum Gasteiger partial charge on any atom is 0.227 e. The van der Waals surface area contributed by atoms with E-state index in [1.165, 1.54) is 25.8 Å². The van der Waals surface area contributed by atoms with Gasteiger partial charge in [0, 0.05) is 31.7 Å². The van der Waals surface area contributed by atoms with Crippen molar-refractivity contribution in [3.63, 3.8) is 0 Å². The van der Waals surface area contributed by atoms with Crippen molar-refractivity contribution in [2.75, 3.05) is 26.2 Å². The highest BCUT2D eigenvalue weighted by Crippen LogP contribution is 2.25. The van der Waals surface area contributed by atoms with E-state index in [0.29, 0.717) is 6.04 Å². The average Bonchev–Trinajstić information content (AvgIpc) is 2.60. The van der Waals surface area contributed by atoms with Crippen molar-refractivity contribution in [2.45, 2.75) is 38.3 Å². The van der Waals surface area contributed by atoms with Crippen LogP contribution in [-0.4, -0.2) is 47.9 Å². The first-order chi connectivity index (χ1) is 10.7.